The number of anilines is 1. The number of nitrogens with one attached hydrogen (secondary N) is 1. The van der Waals surface area contributed by atoms with Gasteiger partial charge >= 0.3 is 0 Å². The number of hydrogen-bond acceptors (Lipinski definition) is 2. The smallest absolute Gasteiger partial charge is 0.0481 e. The highest BCUT2D eigenvalue weighted by Gasteiger charge is 2.21. The van der Waals surface area contributed by atoms with E-state index in [9.17, 15) is 0 Å². The first-order valence-corrected chi connectivity index (χ1v) is 6.06. The summed E-state index contributed by atoms with van der Waals surface area (Å²) in [4.78, 5) is 1.40. The van der Waals surface area contributed by atoms with Crippen LogP contribution >= 0.6 is 11.8 Å². The maximum absolute atomic E-state index is 3.51. The van der Waals surface area contributed by atoms with Crippen LogP contribution in [0, 0.1) is 12.8 Å². The average Bonchev–Trinajstić information content (AvgIpc) is 2.16. The van der Waals surface area contributed by atoms with Crippen LogP contribution in [0.3, 0.4) is 0 Å². The summed E-state index contributed by atoms with van der Waals surface area (Å²) in [5, 5.41) is 4.23. The highest BCUT2D eigenvalue weighted by Crippen LogP contribution is 2.37. The summed E-state index contributed by atoms with van der Waals surface area (Å²) < 4.78 is 0. The monoisotopic (exact) mass is 207 g/mol. The van der Waals surface area contributed by atoms with Crippen LogP contribution in [0.15, 0.2) is 23.1 Å². The summed E-state index contributed by atoms with van der Waals surface area (Å²) in [6.45, 7) is 7.82. The van der Waals surface area contributed by atoms with Crippen LogP contribution in [-0.4, -0.2) is 11.8 Å². The van der Waals surface area contributed by atoms with E-state index < -0.39 is 0 Å². The number of fused-ring (bicyclic) bond motifs is 1. The zero-order valence-corrected chi connectivity index (χ0v) is 9.82. The van der Waals surface area contributed by atoms with Crippen LogP contribution in [0.2, 0.25) is 0 Å². The van der Waals surface area contributed by atoms with Crippen molar-refractivity contribution in [2.75, 3.05) is 11.9 Å². The molecule has 0 fully saturated rings. The van der Waals surface area contributed by atoms with Gasteiger partial charge in [0.05, 0.1) is 0 Å². The van der Waals surface area contributed by atoms with Crippen molar-refractivity contribution in [3.63, 3.8) is 0 Å². The maximum atomic E-state index is 3.51. The zero-order chi connectivity index (χ0) is 10.1. The molecule has 0 aliphatic carbocycles. The standard InChI is InChI=1S/C12H17NS/c1-8(2)12-7-13-10-6-9(3)4-5-11(10)14-12/h4-6,8,12-13H,7H2,1-3H3. The molecule has 0 saturated carbocycles. The average molecular weight is 207 g/mol. The lowest BCUT2D eigenvalue weighted by Gasteiger charge is -2.28. The van der Waals surface area contributed by atoms with E-state index in [4.69, 9.17) is 0 Å². The van der Waals surface area contributed by atoms with E-state index in [0.29, 0.717) is 5.25 Å². The van der Waals surface area contributed by atoms with Gasteiger partial charge in [0.25, 0.3) is 0 Å². The topological polar surface area (TPSA) is 12.0 Å². The van der Waals surface area contributed by atoms with E-state index >= 15 is 0 Å². The summed E-state index contributed by atoms with van der Waals surface area (Å²) in [6, 6.07) is 6.66. The van der Waals surface area contributed by atoms with E-state index in [0.717, 1.165) is 12.5 Å². The highest BCUT2D eigenvalue weighted by molar-refractivity contribution is 8.00. The Morgan fingerprint density at radius 3 is 2.93 bits per heavy atom. The van der Waals surface area contributed by atoms with Crippen molar-refractivity contribution in [3.8, 4) is 0 Å². The Labute approximate surface area is 90.3 Å². The Morgan fingerprint density at radius 1 is 1.43 bits per heavy atom. The first-order valence-electron chi connectivity index (χ1n) is 5.18. The molecule has 1 N–H and O–H groups in total. The van der Waals surface area contributed by atoms with Gasteiger partial charge in [-0.1, -0.05) is 19.9 Å². The molecular weight excluding hydrogens is 190 g/mol. The van der Waals surface area contributed by atoms with Crippen molar-refractivity contribution >= 4 is 17.4 Å². The summed E-state index contributed by atoms with van der Waals surface area (Å²) in [5.41, 5.74) is 2.65. The van der Waals surface area contributed by atoms with Gasteiger partial charge in [-0.25, -0.2) is 0 Å². The van der Waals surface area contributed by atoms with Crippen molar-refractivity contribution in [3.05, 3.63) is 23.8 Å². The normalized spacial score (nSPS) is 20.4. The van der Waals surface area contributed by atoms with Gasteiger partial charge in [-0.15, -0.1) is 11.8 Å². The van der Waals surface area contributed by atoms with Gasteiger partial charge in [-0.05, 0) is 30.5 Å². The minimum Gasteiger partial charge on any atom is -0.383 e. The highest BCUT2D eigenvalue weighted by atomic mass is 32.2. The van der Waals surface area contributed by atoms with E-state index in [1.165, 1.54) is 16.1 Å². The zero-order valence-electron chi connectivity index (χ0n) is 9.00. The van der Waals surface area contributed by atoms with Gasteiger partial charge in [0, 0.05) is 22.4 Å². The van der Waals surface area contributed by atoms with Crippen molar-refractivity contribution in [2.45, 2.75) is 30.9 Å². The molecule has 0 spiro atoms. The molecule has 1 heterocycles. The largest absolute Gasteiger partial charge is 0.383 e. The molecule has 0 amide bonds. The Morgan fingerprint density at radius 2 is 2.21 bits per heavy atom. The molecule has 0 aromatic heterocycles. The minimum atomic E-state index is 0.713. The molecular formula is C12H17NS. The molecule has 14 heavy (non-hydrogen) atoms. The van der Waals surface area contributed by atoms with Crippen molar-refractivity contribution in [1.29, 1.82) is 0 Å². The van der Waals surface area contributed by atoms with Gasteiger partial charge in [-0.3, -0.25) is 0 Å². The molecule has 1 atom stereocenters. The Kier molecular flexibility index (Phi) is 2.73. The maximum Gasteiger partial charge on any atom is 0.0481 e. The lowest BCUT2D eigenvalue weighted by atomic mass is 10.1. The van der Waals surface area contributed by atoms with Crippen LogP contribution in [-0.2, 0) is 0 Å². The van der Waals surface area contributed by atoms with E-state index in [-0.39, 0.29) is 0 Å². The van der Waals surface area contributed by atoms with Crippen LogP contribution < -0.4 is 5.32 Å². The molecule has 76 valence electrons. The van der Waals surface area contributed by atoms with E-state index in [1.807, 2.05) is 11.8 Å². The van der Waals surface area contributed by atoms with Crippen molar-refractivity contribution in [1.82, 2.24) is 0 Å². The molecule has 1 aliphatic heterocycles. The van der Waals surface area contributed by atoms with Gasteiger partial charge in [0.15, 0.2) is 0 Å². The number of rotatable bonds is 1. The first kappa shape index (κ1) is 9.91. The van der Waals surface area contributed by atoms with Crippen molar-refractivity contribution < 1.29 is 0 Å². The molecule has 0 radical (unpaired) electrons. The second kappa shape index (κ2) is 3.85. The SMILES string of the molecule is Cc1ccc2c(c1)NCC(C(C)C)S2. The fourth-order valence-corrected chi connectivity index (χ4v) is 2.84. The Bertz CT molecular complexity index is 333. The minimum absolute atomic E-state index is 0.713. The summed E-state index contributed by atoms with van der Waals surface area (Å²) in [5.74, 6) is 0.738. The van der Waals surface area contributed by atoms with Crippen LogP contribution in [0.25, 0.3) is 0 Å². The van der Waals surface area contributed by atoms with Crippen LogP contribution in [0.1, 0.15) is 19.4 Å². The number of aryl methyl sites for hydroxylation is 1. The van der Waals surface area contributed by atoms with Crippen LogP contribution in [0.4, 0.5) is 5.69 Å². The Balaban J connectivity index is 2.23. The third-order valence-corrected chi connectivity index (χ3v) is 4.27. The molecule has 1 nitrogen and oxygen atoms in total. The quantitative estimate of drug-likeness (QED) is 0.756. The number of hydrogen-bond donors (Lipinski definition) is 1. The van der Waals surface area contributed by atoms with E-state index in [2.05, 4.69) is 44.3 Å². The molecule has 2 rings (SSSR count). The molecule has 1 aliphatic rings. The fourth-order valence-electron chi connectivity index (χ4n) is 1.67. The van der Waals surface area contributed by atoms with Gasteiger partial charge < -0.3 is 5.32 Å². The Hall–Kier alpha value is -0.630. The summed E-state index contributed by atoms with van der Waals surface area (Å²) in [6.07, 6.45) is 0. The van der Waals surface area contributed by atoms with Gasteiger partial charge in [-0.2, -0.15) is 0 Å². The summed E-state index contributed by atoms with van der Waals surface area (Å²) >= 11 is 2.01. The summed E-state index contributed by atoms with van der Waals surface area (Å²) in [7, 11) is 0. The molecule has 1 aromatic rings. The first-order chi connectivity index (χ1) is 6.66. The predicted molar refractivity (Wildman–Crippen MR) is 64.2 cm³/mol. The second-order valence-corrected chi connectivity index (χ2v) is 5.56. The molecule has 0 bridgehead atoms. The number of thioether (sulfide) groups is 1. The molecule has 0 saturated heterocycles. The van der Waals surface area contributed by atoms with Gasteiger partial charge in [0.1, 0.15) is 0 Å². The molecule has 2 heteroatoms. The molecule has 1 aromatic carbocycles. The van der Waals surface area contributed by atoms with Gasteiger partial charge in [0.2, 0.25) is 0 Å². The van der Waals surface area contributed by atoms with E-state index in [1.54, 1.807) is 0 Å². The molecule has 1 unspecified atom stereocenters. The third kappa shape index (κ3) is 1.90. The fraction of sp³-hybridized carbons (Fsp3) is 0.500. The predicted octanol–water partition coefficient (Wildman–Crippen LogP) is 3.54. The third-order valence-electron chi connectivity index (χ3n) is 2.65. The van der Waals surface area contributed by atoms with Crippen LogP contribution in [0.5, 0.6) is 0 Å². The lowest BCUT2D eigenvalue weighted by Crippen LogP contribution is -2.25. The van der Waals surface area contributed by atoms with Crippen molar-refractivity contribution in [2.24, 2.45) is 5.92 Å². The number of benzene rings is 1. The lowest BCUT2D eigenvalue weighted by molar-refractivity contribution is 0.620. The second-order valence-electron chi connectivity index (χ2n) is 4.28.